The van der Waals surface area contributed by atoms with Gasteiger partial charge in [-0.1, -0.05) is 13.8 Å². The molecule has 0 aromatic rings. The van der Waals surface area contributed by atoms with Crippen LogP contribution in [0.25, 0.3) is 0 Å². The van der Waals surface area contributed by atoms with Crippen LogP contribution in [0.3, 0.4) is 0 Å². The lowest BCUT2D eigenvalue weighted by molar-refractivity contribution is -0.126. The standard InChI is InChI=1S/C15H31N3O4S/c1-4-17(5-2)11-13-22-12-8-16-15(19)14-6-9-18(10-7-14)23(3,20)21/h14H,4-13H2,1-3H3,(H,16,19). The first-order chi connectivity index (χ1) is 10.9. The van der Waals surface area contributed by atoms with Gasteiger partial charge in [0.25, 0.3) is 0 Å². The van der Waals surface area contributed by atoms with E-state index in [9.17, 15) is 13.2 Å². The number of rotatable bonds is 10. The van der Waals surface area contributed by atoms with Crippen LogP contribution in [-0.4, -0.2) is 82.3 Å². The van der Waals surface area contributed by atoms with Gasteiger partial charge in [-0.15, -0.1) is 0 Å². The molecule has 136 valence electrons. The lowest BCUT2D eigenvalue weighted by Gasteiger charge is -2.29. The highest BCUT2D eigenvalue weighted by Gasteiger charge is 2.28. The number of nitrogens with one attached hydrogen (secondary N) is 1. The summed E-state index contributed by atoms with van der Waals surface area (Å²) >= 11 is 0. The first-order valence-corrected chi connectivity index (χ1v) is 10.3. The third-order valence-electron chi connectivity index (χ3n) is 4.29. The second-order valence-electron chi connectivity index (χ2n) is 5.87. The molecule has 1 N–H and O–H groups in total. The molecule has 0 saturated carbocycles. The molecule has 1 fully saturated rings. The van der Waals surface area contributed by atoms with Gasteiger partial charge in [-0.3, -0.25) is 4.79 Å². The zero-order valence-corrected chi connectivity index (χ0v) is 15.4. The summed E-state index contributed by atoms with van der Waals surface area (Å²) in [6.07, 6.45) is 2.38. The Balaban J connectivity index is 2.11. The van der Waals surface area contributed by atoms with Gasteiger partial charge in [0.2, 0.25) is 15.9 Å². The van der Waals surface area contributed by atoms with Gasteiger partial charge in [-0.2, -0.15) is 0 Å². The van der Waals surface area contributed by atoms with Crippen molar-refractivity contribution in [3.63, 3.8) is 0 Å². The Morgan fingerprint density at radius 3 is 2.35 bits per heavy atom. The number of carbonyl (C=O) groups is 1. The molecular formula is C15H31N3O4S. The van der Waals surface area contributed by atoms with Crippen LogP contribution in [-0.2, 0) is 19.6 Å². The molecule has 0 radical (unpaired) electrons. The number of likely N-dealkylation sites (N-methyl/N-ethyl adjacent to an activating group) is 1. The lowest BCUT2D eigenvalue weighted by Crippen LogP contribution is -2.43. The smallest absolute Gasteiger partial charge is 0.223 e. The molecule has 1 aliphatic heterocycles. The maximum Gasteiger partial charge on any atom is 0.223 e. The Labute approximate surface area is 140 Å². The second-order valence-corrected chi connectivity index (χ2v) is 7.85. The van der Waals surface area contributed by atoms with Crippen LogP contribution in [0.15, 0.2) is 0 Å². The Morgan fingerprint density at radius 2 is 1.83 bits per heavy atom. The van der Waals surface area contributed by atoms with Crippen LogP contribution in [0.4, 0.5) is 0 Å². The topological polar surface area (TPSA) is 79.0 Å². The van der Waals surface area contributed by atoms with E-state index in [2.05, 4.69) is 24.1 Å². The molecular weight excluding hydrogens is 318 g/mol. The zero-order chi connectivity index (χ0) is 17.3. The van der Waals surface area contributed by atoms with E-state index in [4.69, 9.17) is 4.74 Å². The van der Waals surface area contributed by atoms with Gasteiger partial charge >= 0.3 is 0 Å². The quantitative estimate of drug-likeness (QED) is 0.567. The maximum absolute atomic E-state index is 12.0. The zero-order valence-electron chi connectivity index (χ0n) is 14.6. The SMILES string of the molecule is CCN(CC)CCOCCNC(=O)C1CCN(S(C)(=O)=O)CC1. The molecule has 0 bridgehead atoms. The highest BCUT2D eigenvalue weighted by atomic mass is 32.2. The van der Waals surface area contributed by atoms with Gasteiger partial charge < -0.3 is 15.0 Å². The fraction of sp³-hybridized carbons (Fsp3) is 0.933. The molecule has 1 amide bonds. The minimum atomic E-state index is -3.14. The summed E-state index contributed by atoms with van der Waals surface area (Å²) in [6, 6.07) is 0. The number of amides is 1. The van der Waals surface area contributed by atoms with Crippen LogP contribution < -0.4 is 5.32 Å². The van der Waals surface area contributed by atoms with E-state index in [1.54, 1.807) is 0 Å². The third kappa shape index (κ3) is 7.60. The predicted molar refractivity (Wildman–Crippen MR) is 90.8 cm³/mol. The van der Waals surface area contributed by atoms with Gasteiger partial charge in [0.15, 0.2) is 0 Å². The molecule has 1 saturated heterocycles. The van der Waals surface area contributed by atoms with E-state index in [0.717, 1.165) is 19.6 Å². The van der Waals surface area contributed by atoms with Gasteiger partial charge in [-0.25, -0.2) is 12.7 Å². The molecule has 0 aromatic heterocycles. The minimum absolute atomic E-state index is 0.00509. The Bertz CT molecular complexity index is 444. The molecule has 8 heteroatoms. The Kier molecular flexibility index (Phi) is 9.04. The van der Waals surface area contributed by atoms with Crippen molar-refractivity contribution in [3.05, 3.63) is 0 Å². The van der Waals surface area contributed by atoms with E-state index < -0.39 is 10.0 Å². The van der Waals surface area contributed by atoms with Crippen LogP contribution >= 0.6 is 0 Å². The third-order valence-corrected chi connectivity index (χ3v) is 5.59. The van der Waals surface area contributed by atoms with Crippen molar-refractivity contribution in [1.29, 1.82) is 0 Å². The van der Waals surface area contributed by atoms with Crippen LogP contribution in [0.2, 0.25) is 0 Å². The van der Waals surface area contributed by atoms with E-state index >= 15 is 0 Å². The molecule has 0 unspecified atom stereocenters. The van der Waals surface area contributed by atoms with Crippen LogP contribution in [0.1, 0.15) is 26.7 Å². The lowest BCUT2D eigenvalue weighted by atomic mass is 9.97. The van der Waals surface area contributed by atoms with Crippen molar-refractivity contribution in [2.75, 3.05) is 58.7 Å². The number of sulfonamides is 1. The molecule has 7 nitrogen and oxygen atoms in total. The van der Waals surface area contributed by atoms with E-state index in [0.29, 0.717) is 45.7 Å². The molecule has 0 atom stereocenters. The number of carbonyl (C=O) groups excluding carboxylic acids is 1. The molecule has 0 aromatic carbocycles. The van der Waals surface area contributed by atoms with Crippen molar-refractivity contribution >= 4 is 15.9 Å². The van der Waals surface area contributed by atoms with E-state index in [-0.39, 0.29) is 11.8 Å². The van der Waals surface area contributed by atoms with E-state index in [1.807, 2.05) is 0 Å². The second kappa shape index (κ2) is 10.2. The van der Waals surface area contributed by atoms with Crippen molar-refractivity contribution < 1.29 is 17.9 Å². The number of piperidine rings is 1. The minimum Gasteiger partial charge on any atom is -0.378 e. The molecule has 0 aliphatic carbocycles. The van der Waals surface area contributed by atoms with Crippen molar-refractivity contribution in [2.24, 2.45) is 5.92 Å². The largest absolute Gasteiger partial charge is 0.378 e. The summed E-state index contributed by atoms with van der Waals surface area (Å²) in [6.45, 7) is 9.73. The van der Waals surface area contributed by atoms with Crippen LogP contribution in [0, 0.1) is 5.92 Å². The average Bonchev–Trinajstić information content (AvgIpc) is 2.53. The summed E-state index contributed by atoms with van der Waals surface area (Å²) in [4.78, 5) is 14.3. The van der Waals surface area contributed by atoms with Gasteiger partial charge in [0.1, 0.15) is 0 Å². The molecule has 1 rings (SSSR count). The first kappa shape index (κ1) is 20.3. The summed E-state index contributed by atoms with van der Waals surface area (Å²) in [5.41, 5.74) is 0. The van der Waals surface area contributed by atoms with Gasteiger partial charge in [0.05, 0.1) is 19.5 Å². The first-order valence-electron chi connectivity index (χ1n) is 8.41. The van der Waals surface area contributed by atoms with E-state index in [1.165, 1.54) is 10.6 Å². The normalized spacial score (nSPS) is 17.6. The maximum atomic E-state index is 12.0. The summed E-state index contributed by atoms with van der Waals surface area (Å²) in [7, 11) is -3.14. The van der Waals surface area contributed by atoms with Crippen molar-refractivity contribution in [1.82, 2.24) is 14.5 Å². The van der Waals surface area contributed by atoms with Gasteiger partial charge in [-0.05, 0) is 25.9 Å². The summed E-state index contributed by atoms with van der Waals surface area (Å²) in [5, 5.41) is 2.88. The van der Waals surface area contributed by atoms with Crippen molar-refractivity contribution in [2.45, 2.75) is 26.7 Å². The van der Waals surface area contributed by atoms with Crippen molar-refractivity contribution in [3.8, 4) is 0 Å². The number of nitrogens with zero attached hydrogens (tertiary/aromatic N) is 2. The average molecular weight is 349 g/mol. The number of hydrogen-bond donors (Lipinski definition) is 1. The fourth-order valence-electron chi connectivity index (χ4n) is 2.68. The monoisotopic (exact) mass is 349 g/mol. The number of ether oxygens (including phenoxy) is 1. The summed E-state index contributed by atoms with van der Waals surface area (Å²) < 4.78 is 29.8. The van der Waals surface area contributed by atoms with Crippen LogP contribution in [0.5, 0.6) is 0 Å². The highest BCUT2D eigenvalue weighted by Crippen LogP contribution is 2.19. The Morgan fingerprint density at radius 1 is 1.22 bits per heavy atom. The molecule has 1 aliphatic rings. The number of hydrogen-bond acceptors (Lipinski definition) is 5. The van der Waals surface area contributed by atoms with Gasteiger partial charge in [0, 0.05) is 32.1 Å². The fourth-order valence-corrected chi connectivity index (χ4v) is 3.55. The molecule has 1 heterocycles. The molecule has 23 heavy (non-hydrogen) atoms. The summed E-state index contributed by atoms with van der Waals surface area (Å²) in [5.74, 6) is -0.0887. The molecule has 0 spiro atoms. The Hall–Kier alpha value is -0.700. The predicted octanol–water partition coefficient (Wildman–Crippen LogP) is 0.133. The highest BCUT2D eigenvalue weighted by molar-refractivity contribution is 7.88.